The molecule has 0 spiro atoms. The van der Waals surface area contributed by atoms with Gasteiger partial charge in [0, 0.05) is 16.0 Å². The summed E-state index contributed by atoms with van der Waals surface area (Å²) in [5.41, 5.74) is 1.89. The Labute approximate surface area is 127 Å². The normalized spacial score (nSPS) is 21.1. The van der Waals surface area contributed by atoms with Gasteiger partial charge >= 0.3 is 0 Å². The van der Waals surface area contributed by atoms with Crippen molar-refractivity contribution in [3.8, 4) is 0 Å². The van der Waals surface area contributed by atoms with Crippen molar-refractivity contribution in [1.82, 2.24) is 0 Å². The molecule has 0 nitrogen and oxygen atoms in total. The minimum absolute atomic E-state index is 0.358. The monoisotopic (exact) mass is 296 g/mol. The van der Waals surface area contributed by atoms with Gasteiger partial charge < -0.3 is 0 Å². The summed E-state index contributed by atoms with van der Waals surface area (Å²) in [7, 11) is 0. The molecule has 0 aromatic heterocycles. The van der Waals surface area contributed by atoms with E-state index in [2.05, 4.69) is 49.9 Å². The average molecular weight is 297 g/mol. The third-order valence-electron chi connectivity index (χ3n) is 4.47. The Morgan fingerprint density at radius 1 is 1.32 bits per heavy atom. The van der Waals surface area contributed by atoms with Crippen LogP contribution >= 0.6 is 23.4 Å². The summed E-state index contributed by atoms with van der Waals surface area (Å²) in [5.74, 6) is 0.816. The lowest BCUT2D eigenvalue weighted by molar-refractivity contribution is 0.256. The largest absolute Gasteiger partial charge is 0.126 e. The third-order valence-corrected chi connectivity index (χ3v) is 6.35. The van der Waals surface area contributed by atoms with Crippen molar-refractivity contribution >= 4 is 23.4 Å². The molecule has 1 heterocycles. The van der Waals surface area contributed by atoms with E-state index in [0.717, 1.165) is 11.1 Å². The summed E-state index contributed by atoms with van der Waals surface area (Å²) < 4.78 is 0. The van der Waals surface area contributed by atoms with Crippen LogP contribution < -0.4 is 0 Å². The molecule has 0 saturated heterocycles. The molecular weight excluding hydrogens is 272 g/mol. The fraction of sp³-hybridized carbons (Fsp3) is 0.647. The van der Waals surface area contributed by atoms with Crippen molar-refractivity contribution in [3.63, 3.8) is 0 Å². The smallest absolute Gasteiger partial charge is 0.0280 e. The number of benzene rings is 1. The van der Waals surface area contributed by atoms with E-state index in [1.54, 1.807) is 0 Å². The zero-order chi connectivity index (χ0) is 13.7. The molecule has 0 bridgehead atoms. The first-order valence-electron chi connectivity index (χ1n) is 7.53. The lowest BCUT2D eigenvalue weighted by Crippen LogP contribution is -2.26. The fourth-order valence-corrected chi connectivity index (χ4v) is 4.99. The third kappa shape index (κ3) is 3.70. The van der Waals surface area contributed by atoms with Crippen molar-refractivity contribution < 1.29 is 0 Å². The van der Waals surface area contributed by atoms with Gasteiger partial charge in [0.1, 0.15) is 0 Å². The highest BCUT2D eigenvalue weighted by molar-refractivity contribution is 8.00. The predicted molar refractivity (Wildman–Crippen MR) is 87.4 cm³/mol. The van der Waals surface area contributed by atoms with Gasteiger partial charge in [-0.15, -0.1) is 23.4 Å². The van der Waals surface area contributed by atoms with Gasteiger partial charge in [-0.05, 0) is 42.7 Å². The van der Waals surface area contributed by atoms with Crippen LogP contribution in [-0.2, 0) is 6.42 Å². The molecule has 0 radical (unpaired) electrons. The Morgan fingerprint density at radius 2 is 2.11 bits per heavy atom. The predicted octanol–water partition coefficient (Wildman–Crippen LogP) is 5.92. The van der Waals surface area contributed by atoms with Crippen LogP contribution in [0.2, 0.25) is 0 Å². The topological polar surface area (TPSA) is 0 Å². The molecule has 0 N–H and O–H groups in total. The second-order valence-corrected chi connectivity index (χ2v) is 7.46. The van der Waals surface area contributed by atoms with Crippen LogP contribution in [0.4, 0.5) is 0 Å². The second-order valence-electron chi connectivity index (χ2n) is 5.85. The number of thioether (sulfide) groups is 1. The van der Waals surface area contributed by atoms with Gasteiger partial charge in [-0.1, -0.05) is 44.9 Å². The zero-order valence-electron chi connectivity index (χ0n) is 12.1. The van der Waals surface area contributed by atoms with Crippen molar-refractivity contribution in [2.75, 3.05) is 5.88 Å². The first-order chi connectivity index (χ1) is 9.23. The molecule has 0 amide bonds. The number of hydrogen-bond acceptors (Lipinski definition) is 1. The minimum Gasteiger partial charge on any atom is -0.126 e. The van der Waals surface area contributed by atoms with Gasteiger partial charge in [-0.25, -0.2) is 0 Å². The second kappa shape index (κ2) is 7.04. The molecule has 19 heavy (non-hydrogen) atoms. The van der Waals surface area contributed by atoms with Crippen LogP contribution in [0, 0.1) is 5.41 Å². The number of hydrogen-bond donors (Lipinski definition) is 0. The summed E-state index contributed by atoms with van der Waals surface area (Å²) in [6.45, 7) is 4.58. The highest BCUT2D eigenvalue weighted by Gasteiger charge is 2.33. The van der Waals surface area contributed by atoms with E-state index in [1.807, 2.05) is 0 Å². The molecule has 106 valence electrons. The van der Waals surface area contributed by atoms with Crippen molar-refractivity contribution in [3.05, 3.63) is 29.8 Å². The van der Waals surface area contributed by atoms with E-state index in [0.29, 0.717) is 5.41 Å². The molecule has 2 rings (SSSR count). The lowest BCUT2D eigenvalue weighted by Gasteiger charge is -2.33. The molecule has 1 aromatic rings. The SMILES string of the molecule is CCCCC(CC)(CCl)CC1Cc2ccccc2S1. The Morgan fingerprint density at radius 3 is 2.74 bits per heavy atom. The van der Waals surface area contributed by atoms with Crippen molar-refractivity contribution in [1.29, 1.82) is 0 Å². The van der Waals surface area contributed by atoms with Gasteiger partial charge in [0.25, 0.3) is 0 Å². The van der Waals surface area contributed by atoms with E-state index in [-0.39, 0.29) is 0 Å². The minimum atomic E-state index is 0.358. The average Bonchev–Trinajstić information content (AvgIpc) is 2.85. The number of unbranched alkanes of at least 4 members (excludes halogenated alkanes) is 1. The molecule has 2 atom stereocenters. The van der Waals surface area contributed by atoms with Gasteiger partial charge in [0.05, 0.1) is 0 Å². The lowest BCUT2D eigenvalue weighted by atomic mass is 9.77. The highest BCUT2D eigenvalue weighted by atomic mass is 35.5. The van der Waals surface area contributed by atoms with Crippen LogP contribution in [0.5, 0.6) is 0 Å². The molecular formula is C17H25ClS. The molecule has 1 aromatic carbocycles. The summed E-state index contributed by atoms with van der Waals surface area (Å²) in [6, 6.07) is 8.86. The van der Waals surface area contributed by atoms with Gasteiger partial charge in [0.15, 0.2) is 0 Å². The zero-order valence-corrected chi connectivity index (χ0v) is 13.7. The number of halogens is 1. The maximum Gasteiger partial charge on any atom is 0.0280 e. The molecule has 2 heteroatoms. The van der Waals surface area contributed by atoms with E-state index in [9.17, 15) is 0 Å². The van der Waals surface area contributed by atoms with E-state index < -0.39 is 0 Å². The molecule has 1 aliphatic rings. The number of fused-ring (bicyclic) bond motifs is 1. The number of rotatable bonds is 7. The van der Waals surface area contributed by atoms with E-state index in [4.69, 9.17) is 11.6 Å². The molecule has 0 aliphatic carbocycles. The maximum atomic E-state index is 6.34. The van der Waals surface area contributed by atoms with Crippen molar-refractivity contribution in [2.45, 2.75) is 62.5 Å². The summed E-state index contributed by atoms with van der Waals surface area (Å²) in [4.78, 5) is 1.49. The Bertz CT molecular complexity index is 373. The Hall–Kier alpha value is -0.140. The molecule has 1 aliphatic heterocycles. The highest BCUT2D eigenvalue weighted by Crippen LogP contribution is 2.45. The fourth-order valence-electron chi connectivity index (χ4n) is 3.04. The first kappa shape index (κ1) is 15.3. The van der Waals surface area contributed by atoms with Gasteiger partial charge in [-0.3, -0.25) is 0 Å². The standard InChI is InChI=1S/C17H25ClS/c1-3-5-10-17(4-2,13-18)12-15-11-14-8-6-7-9-16(14)19-15/h6-9,15H,3-5,10-13H2,1-2H3. The van der Waals surface area contributed by atoms with Crippen LogP contribution in [0.3, 0.4) is 0 Å². The van der Waals surface area contributed by atoms with E-state index >= 15 is 0 Å². The summed E-state index contributed by atoms with van der Waals surface area (Å²) in [6.07, 6.45) is 7.58. The van der Waals surface area contributed by atoms with Crippen LogP contribution in [0.1, 0.15) is 51.5 Å². The molecule has 0 fully saturated rings. The summed E-state index contributed by atoms with van der Waals surface area (Å²) in [5, 5.41) is 0.730. The van der Waals surface area contributed by atoms with Crippen LogP contribution in [0.15, 0.2) is 29.2 Å². The Balaban J connectivity index is 2.00. The summed E-state index contributed by atoms with van der Waals surface area (Å²) >= 11 is 8.41. The van der Waals surface area contributed by atoms with Gasteiger partial charge in [-0.2, -0.15) is 0 Å². The first-order valence-corrected chi connectivity index (χ1v) is 8.95. The Kier molecular flexibility index (Phi) is 5.65. The van der Waals surface area contributed by atoms with E-state index in [1.165, 1.54) is 49.0 Å². The quantitative estimate of drug-likeness (QED) is 0.563. The van der Waals surface area contributed by atoms with Gasteiger partial charge in [0.2, 0.25) is 0 Å². The number of alkyl halides is 1. The van der Waals surface area contributed by atoms with Crippen LogP contribution in [-0.4, -0.2) is 11.1 Å². The molecule has 0 saturated carbocycles. The maximum absolute atomic E-state index is 6.34. The van der Waals surface area contributed by atoms with Crippen molar-refractivity contribution in [2.24, 2.45) is 5.41 Å². The van der Waals surface area contributed by atoms with Crippen LogP contribution in [0.25, 0.3) is 0 Å². The molecule has 2 unspecified atom stereocenters.